The maximum absolute atomic E-state index is 8.74. The van der Waals surface area contributed by atoms with E-state index in [0.29, 0.717) is 6.61 Å². The number of benzene rings is 1. The standard InChI is InChI=1S/C14H21NO2/c1-15(7-2-3-8-16)11-12-4-5-14-13(10-12)6-9-17-14/h4-5,10,16H,2-3,6-9,11H2,1H3. The zero-order valence-corrected chi connectivity index (χ0v) is 10.5. The van der Waals surface area contributed by atoms with Crippen molar-refractivity contribution in [1.82, 2.24) is 4.90 Å². The van der Waals surface area contributed by atoms with Gasteiger partial charge in [-0.2, -0.15) is 0 Å². The lowest BCUT2D eigenvalue weighted by atomic mass is 10.1. The molecule has 1 aliphatic heterocycles. The Balaban J connectivity index is 1.86. The third kappa shape index (κ3) is 3.45. The Bertz CT molecular complexity index is 365. The minimum absolute atomic E-state index is 0.296. The molecule has 0 radical (unpaired) electrons. The van der Waals surface area contributed by atoms with E-state index >= 15 is 0 Å². The number of nitrogens with zero attached hydrogens (tertiary/aromatic N) is 1. The highest BCUT2D eigenvalue weighted by atomic mass is 16.5. The second kappa shape index (κ2) is 6.03. The Morgan fingerprint density at radius 1 is 1.35 bits per heavy atom. The molecule has 94 valence electrons. The smallest absolute Gasteiger partial charge is 0.122 e. The van der Waals surface area contributed by atoms with Crippen LogP contribution in [0.25, 0.3) is 0 Å². The second-order valence-electron chi connectivity index (χ2n) is 4.71. The van der Waals surface area contributed by atoms with Gasteiger partial charge in [-0.3, -0.25) is 0 Å². The van der Waals surface area contributed by atoms with Gasteiger partial charge in [0.2, 0.25) is 0 Å². The summed E-state index contributed by atoms with van der Waals surface area (Å²) in [5.74, 6) is 1.05. The molecule has 0 fully saturated rings. The predicted molar refractivity (Wildman–Crippen MR) is 68.3 cm³/mol. The molecule has 3 nitrogen and oxygen atoms in total. The highest BCUT2D eigenvalue weighted by Crippen LogP contribution is 2.26. The maximum Gasteiger partial charge on any atom is 0.122 e. The van der Waals surface area contributed by atoms with Crippen molar-refractivity contribution < 1.29 is 9.84 Å². The van der Waals surface area contributed by atoms with E-state index in [0.717, 1.165) is 44.7 Å². The minimum Gasteiger partial charge on any atom is -0.493 e. The average Bonchev–Trinajstić information content (AvgIpc) is 2.76. The molecule has 1 heterocycles. The summed E-state index contributed by atoms with van der Waals surface area (Å²) in [5.41, 5.74) is 2.69. The fraction of sp³-hybridized carbons (Fsp3) is 0.571. The monoisotopic (exact) mass is 235 g/mol. The second-order valence-corrected chi connectivity index (χ2v) is 4.71. The van der Waals surface area contributed by atoms with Crippen LogP contribution in [0.5, 0.6) is 5.75 Å². The number of aliphatic hydroxyl groups is 1. The summed E-state index contributed by atoms with van der Waals surface area (Å²) >= 11 is 0. The van der Waals surface area contributed by atoms with Crippen LogP contribution in [0.1, 0.15) is 24.0 Å². The molecule has 1 N–H and O–H groups in total. The molecule has 2 rings (SSSR count). The van der Waals surface area contributed by atoms with Crippen molar-refractivity contribution in [3.8, 4) is 5.75 Å². The zero-order chi connectivity index (χ0) is 12.1. The van der Waals surface area contributed by atoms with Crippen LogP contribution < -0.4 is 4.74 Å². The largest absolute Gasteiger partial charge is 0.493 e. The van der Waals surface area contributed by atoms with Crippen LogP contribution >= 0.6 is 0 Å². The quantitative estimate of drug-likeness (QED) is 0.764. The average molecular weight is 235 g/mol. The van der Waals surface area contributed by atoms with Gasteiger partial charge in [0.25, 0.3) is 0 Å². The highest BCUT2D eigenvalue weighted by molar-refractivity contribution is 5.39. The molecule has 3 heteroatoms. The third-order valence-corrected chi connectivity index (χ3v) is 3.15. The van der Waals surface area contributed by atoms with Crippen molar-refractivity contribution in [3.63, 3.8) is 0 Å². The normalized spacial score (nSPS) is 13.8. The molecular formula is C14H21NO2. The van der Waals surface area contributed by atoms with Gasteiger partial charge in [-0.25, -0.2) is 0 Å². The highest BCUT2D eigenvalue weighted by Gasteiger charge is 2.12. The summed E-state index contributed by atoms with van der Waals surface area (Å²) in [6, 6.07) is 6.48. The van der Waals surface area contributed by atoms with E-state index < -0.39 is 0 Å². The lowest BCUT2D eigenvalue weighted by Gasteiger charge is -2.16. The van der Waals surface area contributed by atoms with Crippen LogP contribution in [0.15, 0.2) is 18.2 Å². The van der Waals surface area contributed by atoms with Crippen LogP contribution in [0.2, 0.25) is 0 Å². The number of fused-ring (bicyclic) bond motifs is 1. The van der Waals surface area contributed by atoms with Gasteiger partial charge in [-0.1, -0.05) is 12.1 Å². The van der Waals surface area contributed by atoms with Crippen molar-refractivity contribution in [1.29, 1.82) is 0 Å². The van der Waals surface area contributed by atoms with Gasteiger partial charge in [0.1, 0.15) is 5.75 Å². The van der Waals surface area contributed by atoms with Gasteiger partial charge in [-0.15, -0.1) is 0 Å². The van der Waals surface area contributed by atoms with E-state index in [4.69, 9.17) is 9.84 Å². The molecule has 0 spiro atoms. The van der Waals surface area contributed by atoms with Crippen LogP contribution in [-0.4, -0.2) is 36.8 Å². The van der Waals surface area contributed by atoms with Gasteiger partial charge in [0.05, 0.1) is 6.61 Å². The summed E-state index contributed by atoms with van der Waals surface area (Å²) in [5, 5.41) is 8.74. The first-order chi connectivity index (χ1) is 8.29. The Labute approximate surface area is 103 Å². The molecule has 0 saturated heterocycles. The first-order valence-corrected chi connectivity index (χ1v) is 6.33. The van der Waals surface area contributed by atoms with Crippen LogP contribution in [0.3, 0.4) is 0 Å². The summed E-state index contributed by atoms with van der Waals surface area (Å²) in [7, 11) is 2.13. The molecule has 0 aromatic heterocycles. The molecule has 0 atom stereocenters. The molecule has 1 aromatic carbocycles. The van der Waals surface area contributed by atoms with Gasteiger partial charge in [0, 0.05) is 19.6 Å². The SMILES string of the molecule is CN(CCCCO)Cc1ccc2c(c1)CCO2. The molecule has 0 bridgehead atoms. The van der Waals surface area contributed by atoms with Crippen LogP contribution in [0.4, 0.5) is 0 Å². The lowest BCUT2D eigenvalue weighted by molar-refractivity contribution is 0.261. The van der Waals surface area contributed by atoms with Crippen molar-refractivity contribution >= 4 is 0 Å². The Morgan fingerprint density at radius 2 is 2.24 bits per heavy atom. The molecule has 0 unspecified atom stereocenters. The molecule has 0 saturated carbocycles. The van der Waals surface area contributed by atoms with E-state index in [9.17, 15) is 0 Å². The molecule has 1 aliphatic rings. The number of hydrogen-bond acceptors (Lipinski definition) is 3. The first-order valence-electron chi connectivity index (χ1n) is 6.33. The van der Waals surface area contributed by atoms with Crippen LogP contribution in [0, 0.1) is 0 Å². The molecule has 1 aromatic rings. The first kappa shape index (κ1) is 12.4. The van der Waals surface area contributed by atoms with Crippen molar-refractivity contribution in [3.05, 3.63) is 29.3 Å². The third-order valence-electron chi connectivity index (χ3n) is 3.15. The van der Waals surface area contributed by atoms with Gasteiger partial charge >= 0.3 is 0 Å². The number of hydrogen-bond donors (Lipinski definition) is 1. The van der Waals surface area contributed by atoms with Crippen molar-refractivity contribution in [2.75, 3.05) is 26.8 Å². The topological polar surface area (TPSA) is 32.7 Å². The molecule has 17 heavy (non-hydrogen) atoms. The van der Waals surface area contributed by atoms with E-state index in [1.807, 2.05) is 0 Å². The van der Waals surface area contributed by atoms with E-state index in [2.05, 4.69) is 30.1 Å². The summed E-state index contributed by atoms with van der Waals surface area (Å²) < 4.78 is 5.50. The lowest BCUT2D eigenvalue weighted by Crippen LogP contribution is -2.19. The molecule has 0 amide bonds. The fourth-order valence-electron chi connectivity index (χ4n) is 2.22. The maximum atomic E-state index is 8.74. The Hall–Kier alpha value is -1.06. The van der Waals surface area contributed by atoms with Gasteiger partial charge in [-0.05, 0) is 43.6 Å². The Kier molecular flexibility index (Phi) is 4.40. The van der Waals surface area contributed by atoms with Crippen molar-refractivity contribution in [2.24, 2.45) is 0 Å². The van der Waals surface area contributed by atoms with E-state index in [1.165, 1.54) is 11.1 Å². The van der Waals surface area contributed by atoms with Crippen LogP contribution in [-0.2, 0) is 13.0 Å². The number of unbranched alkanes of at least 4 members (excludes halogenated alkanes) is 1. The molecule has 0 aliphatic carbocycles. The number of rotatable bonds is 6. The summed E-state index contributed by atoms with van der Waals surface area (Å²) in [4.78, 5) is 2.30. The minimum atomic E-state index is 0.296. The van der Waals surface area contributed by atoms with Crippen molar-refractivity contribution in [2.45, 2.75) is 25.8 Å². The number of aliphatic hydroxyl groups excluding tert-OH is 1. The predicted octanol–water partition coefficient (Wildman–Crippen LogP) is 1.83. The number of ether oxygens (including phenoxy) is 1. The van der Waals surface area contributed by atoms with E-state index in [-0.39, 0.29) is 0 Å². The van der Waals surface area contributed by atoms with E-state index in [1.54, 1.807) is 0 Å². The summed E-state index contributed by atoms with van der Waals surface area (Å²) in [6.45, 7) is 3.13. The molecular weight excluding hydrogens is 214 g/mol. The zero-order valence-electron chi connectivity index (χ0n) is 10.5. The Morgan fingerprint density at radius 3 is 3.06 bits per heavy atom. The van der Waals surface area contributed by atoms with Gasteiger partial charge in [0.15, 0.2) is 0 Å². The summed E-state index contributed by atoms with van der Waals surface area (Å²) in [6.07, 6.45) is 2.99. The van der Waals surface area contributed by atoms with Gasteiger partial charge < -0.3 is 14.7 Å². The fourth-order valence-corrected chi connectivity index (χ4v) is 2.22.